The maximum Gasteiger partial charge on any atom is 0.326 e. The third-order valence-corrected chi connectivity index (χ3v) is 6.58. The molecule has 3 heterocycles. The fourth-order valence-electron chi connectivity index (χ4n) is 3.08. The number of carbonyl (C=O) groups excluding carboxylic acids is 2. The van der Waals surface area contributed by atoms with Gasteiger partial charge in [0.25, 0.3) is 0 Å². The second-order valence-corrected chi connectivity index (χ2v) is 7.82. The van der Waals surface area contributed by atoms with Gasteiger partial charge in [0.2, 0.25) is 0 Å². The third-order valence-electron chi connectivity index (χ3n) is 4.24. The summed E-state index contributed by atoms with van der Waals surface area (Å²) in [6.07, 6.45) is 2.71. The zero-order valence-corrected chi connectivity index (χ0v) is 14.8. The molecule has 1 saturated heterocycles. The molecule has 1 N–H and O–H groups in total. The molecule has 0 spiro atoms. The number of esters is 2. The van der Waals surface area contributed by atoms with E-state index in [-0.39, 0.29) is 11.5 Å². The van der Waals surface area contributed by atoms with Crippen LogP contribution in [0.25, 0.3) is 0 Å². The molecule has 0 aliphatic carbocycles. The molecular formula is C16H17NO8S. The Bertz CT molecular complexity index is 805. The molecule has 140 valence electrons. The second kappa shape index (κ2) is 6.96. The van der Waals surface area contributed by atoms with Crippen molar-refractivity contribution in [1.82, 2.24) is 5.32 Å². The van der Waals surface area contributed by atoms with Gasteiger partial charge in [0.05, 0.1) is 38.8 Å². The second-order valence-electron chi connectivity index (χ2n) is 5.63. The average molecular weight is 383 g/mol. The van der Waals surface area contributed by atoms with Crippen LogP contribution in [0, 0.1) is 0 Å². The molecule has 0 saturated carbocycles. The highest BCUT2D eigenvalue weighted by Gasteiger charge is 2.58. The van der Waals surface area contributed by atoms with Crippen molar-refractivity contribution in [2.24, 2.45) is 0 Å². The van der Waals surface area contributed by atoms with Crippen molar-refractivity contribution in [2.75, 3.05) is 14.2 Å². The number of ether oxygens (including phenoxy) is 2. The molecule has 1 aliphatic heterocycles. The van der Waals surface area contributed by atoms with Crippen LogP contribution in [0.1, 0.15) is 23.6 Å². The predicted octanol–water partition coefficient (Wildman–Crippen LogP) is 0.756. The number of sulfone groups is 1. The molecule has 2 aromatic heterocycles. The first-order chi connectivity index (χ1) is 12.4. The summed E-state index contributed by atoms with van der Waals surface area (Å²) in [5.41, 5.74) is 0. The van der Waals surface area contributed by atoms with Gasteiger partial charge in [0.15, 0.2) is 20.3 Å². The SMILES string of the molecule is COC(=O)[C@@H]1[C@H](c2ccco2)N[C@@H](c2ccco2)[C@@H](C(=O)OC)S1(=O)=O. The van der Waals surface area contributed by atoms with Crippen LogP contribution in [-0.4, -0.2) is 45.1 Å². The lowest BCUT2D eigenvalue weighted by Crippen LogP contribution is -2.59. The van der Waals surface area contributed by atoms with E-state index >= 15 is 0 Å². The first-order valence-corrected chi connectivity index (χ1v) is 9.24. The summed E-state index contributed by atoms with van der Waals surface area (Å²) in [6.45, 7) is 0. The Morgan fingerprint density at radius 3 is 1.65 bits per heavy atom. The number of rotatable bonds is 4. The Morgan fingerprint density at radius 1 is 0.923 bits per heavy atom. The molecule has 1 fully saturated rings. The van der Waals surface area contributed by atoms with Crippen LogP contribution in [0.3, 0.4) is 0 Å². The van der Waals surface area contributed by atoms with E-state index in [1.54, 1.807) is 12.1 Å². The summed E-state index contributed by atoms with van der Waals surface area (Å²) in [6, 6.07) is 4.04. The maximum atomic E-state index is 13.2. The van der Waals surface area contributed by atoms with Gasteiger partial charge in [-0.15, -0.1) is 0 Å². The fourth-order valence-corrected chi connectivity index (χ4v) is 5.31. The minimum atomic E-state index is -4.37. The standard InChI is InChI=1S/C16H17NO8S/c1-22-15(18)13-11(9-5-3-7-24-9)17-12(10-6-4-8-25-10)14(16(19)23-2)26(13,20)21/h3-8,11-14,17H,1-2H3/t11-,12-,13-,14-/m0/s1. The van der Waals surface area contributed by atoms with E-state index in [9.17, 15) is 18.0 Å². The maximum absolute atomic E-state index is 13.2. The average Bonchev–Trinajstić information content (AvgIpc) is 3.32. The molecule has 0 aromatic carbocycles. The van der Waals surface area contributed by atoms with Crippen molar-refractivity contribution in [3.05, 3.63) is 48.3 Å². The molecular weight excluding hydrogens is 366 g/mol. The number of furan rings is 2. The molecule has 9 nitrogen and oxygen atoms in total. The van der Waals surface area contributed by atoms with Crippen LogP contribution in [0.4, 0.5) is 0 Å². The Morgan fingerprint density at radius 2 is 1.35 bits per heavy atom. The van der Waals surface area contributed by atoms with E-state index in [0.29, 0.717) is 0 Å². The van der Waals surface area contributed by atoms with E-state index < -0.39 is 44.4 Å². The van der Waals surface area contributed by atoms with E-state index in [4.69, 9.17) is 8.83 Å². The van der Waals surface area contributed by atoms with Gasteiger partial charge in [0.1, 0.15) is 11.5 Å². The number of hydrogen-bond acceptors (Lipinski definition) is 9. The largest absolute Gasteiger partial charge is 0.468 e. The molecule has 2 aromatic rings. The summed E-state index contributed by atoms with van der Waals surface area (Å²) in [5, 5.41) is -0.396. The van der Waals surface area contributed by atoms with Crippen LogP contribution >= 0.6 is 0 Å². The highest BCUT2D eigenvalue weighted by atomic mass is 32.2. The normalized spacial score (nSPS) is 27.6. The summed E-state index contributed by atoms with van der Waals surface area (Å²) in [4.78, 5) is 24.6. The highest BCUT2D eigenvalue weighted by molar-refractivity contribution is 7.94. The first kappa shape index (κ1) is 18.2. The summed E-state index contributed by atoms with van der Waals surface area (Å²) >= 11 is 0. The molecule has 3 rings (SSSR count). The quantitative estimate of drug-likeness (QED) is 0.761. The zero-order valence-electron chi connectivity index (χ0n) is 13.9. The lowest BCUT2D eigenvalue weighted by molar-refractivity contribution is -0.142. The smallest absolute Gasteiger partial charge is 0.326 e. The number of methoxy groups -OCH3 is 2. The molecule has 0 amide bonds. The Labute approximate surface area is 149 Å². The minimum Gasteiger partial charge on any atom is -0.468 e. The van der Waals surface area contributed by atoms with Gasteiger partial charge in [-0.25, -0.2) is 8.42 Å². The summed E-state index contributed by atoms with van der Waals surface area (Å²) in [5.74, 6) is -1.59. The van der Waals surface area contributed by atoms with Crippen molar-refractivity contribution < 1.29 is 36.3 Å². The monoisotopic (exact) mass is 383 g/mol. The van der Waals surface area contributed by atoms with E-state index in [0.717, 1.165) is 14.2 Å². The van der Waals surface area contributed by atoms with E-state index in [2.05, 4.69) is 14.8 Å². The molecule has 10 heteroatoms. The van der Waals surface area contributed by atoms with E-state index in [1.807, 2.05) is 0 Å². The van der Waals surface area contributed by atoms with E-state index in [1.165, 1.54) is 24.7 Å². The van der Waals surface area contributed by atoms with Crippen molar-refractivity contribution in [3.8, 4) is 0 Å². The topological polar surface area (TPSA) is 125 Å². The van der Waals surface area contributed by atoms with Crippen LogP contribution in [-0.2, 0) is 28.9 Å². The predicted molar refractivity (Wildman–Crippen MR) is 86.6 cm³/mol. The minimum absolute atomic E-state index is 0.212. The molecule has 0 bridgehead atoms. The lowest BCUT2D eigenvalue weighted by atomic mass is 10.0. The number of hydrogen-bond donors (Lipinski definition) is 1. The third kappa shape index (κ3) is 2.90. The Kier molecular flexibility index (Phi) is 4.88. The van der Waals surface area contributed by atoms with Crippen LogP contribution < -0.4 is 5.32 Å². The lowest BCUT2D eigenvalue weighted by Gasteiger charge is -2.38. The first-order valence-electron chi connectivity index (χ1n) is 7.63. The van der Waals surface area contributed by atoms with Crippen LogP contribution in [0.15, 0.2) is 45.6 Å². The van der Waals surface area contributed by atoms with Crippen molar-refractivity contribution in [3.63, 3.8) is 0 Å². The molecule has 0 radical (unpaired) electrons. The summed E-state index contributed by atoms with van der Waals surface area (Å²) in [7, 11) is -2.22. The van der Waals surface area contributed by atoms with Crippen LogP contribution in [0.5, 0.6) is 0 Å². The molecule has 4 atom stereocenters. The van der Waals surface area contributed by atoms with Crippen LogP contribution in [0.2, 0.25) is 0 Å². The molecule has 0 unspecified atom stereocenters. The van der Waals surface area contributed by atoms with Gasteiger partial charge >= 0.3 is 11.9 Å². The zero-order chi connectivity index (χ0) is 18.9. The van der Waals surface area contributed by atoms with Gasteiger partial charge in [-0.1, -0.05) is 0 Å². The van der Waals surface area contributed by atoms with Gasteiger partial charge in [-0.05, 0) is 24.3 Å². The highest BCUT2D eigenvalue weighted by Crippen LogP contribution is 2.39. The Hall–Kier alpha value is -2.59. The molecule has 26 heavy (non-hydrogen) atoms. The van der Waals surface area contributed by atoms with Crippen molar-refractivity contribution in [1.29, 1.82) is 0 Å². The number of nitrogens with one attached hydrogen (secondary N) is 1. The molecule has 1 aliphatic rings. The van der Waals surface area contributed by atoms with Gasteiger partial charge in [-0.2, -0.15) is 0 Å². The van der Waals surface area contributed by atoms with Gasteiger partial charge in [0, 0.05) is 0 Å². The fraction of sp³-hybridized carbons (Fsp3) is 0.375. The van der Waals surface area contributed by atoms with Gasteiger partial charge in [-0.3, -0.25) is 14.9 Å². The van der Waals surface area contributed by atoms with Crippen molar-refractivity contribution in [2.45, 2.75) is 22.6 Å². The van der Waals surface area contributed by atoms with Crippen molar-refractivity contribution >= 4 is 21.8 Å². The Balaban J connectivity index is 2.17. The summed E-state index contributed by atoms with van der Waals surface area (Å²) < 4.78 is 46.3. The number of carbonyl (C=O) groups is 2. The van der Waals surface area contributed by atoms with Gasteiger partial charge < -0.3 is 18.3 Å².